The molecule has 0 aliphatic heterocycles. The van der Waals surface area contributed by atoms with Crippen molar-refractivity contribution in [2.45, 2.75) is 19.5 Å². The van der Waals surface area contributed by atoms with Crippen LogP contribution in [0.3, 0.4) is 0 Å². The molecule has 21 heavy (non-hydrogen) atoms. The van der Waals surface area contributed by atoms with Gasteiger partial charge in [0.25, 0.3) is 0 Å². The molecule has 2 aromatic carbocycles. The number of nitriles is 1. The Kier molecular flexibility index (Phi) is 4.81. The van der Waals surface area contributed by atoms with E-state index in [-0.39, 0.29) is 11.8 Å². The molecule has 2 N–H and O–H groups in total. The second-order valence-corrected chi connectivity index (χ2v) is 4.84. The standard InChI is InChI=1S/C17H18N2O2/c1-12(16-9-15(21-2)6-7-17(16)20)19-11-14-5-3-4-13(8-14)10-18/h3-9,12,19-20H,11H2,1-2H3. The number of phenols is 1. The van der Waals surface area contributed by atoms with Crippen LogP contribution in [0.15, 0.2) is 42.5 Å². The summed E-state index contributed by atoms with van der Waals surface area (Å²) in [6.07, 6.45) is 0. The van der Waals surface area contributed by atoms with Crippen molar-refractivity contribution in [1.82, 2.24) is 5.32 Å². The highest BCUT2D eigenvalue weighted by Gasteiger charge is 2.11. The summed E-state index contributed by atoms with van der Waals surface area (Å²) in [7, 11) is 1.60. The third kappa shape index (κ3) is 3.74. The van der Waals surface area contributed by atoms with E-state index in [4.69, 9.17) is 10.00 Å². The molecule has 2 rings (SSSR count). The molecular weight excluding hydrogens is 264 g/mol. The highest BCUT2D eigenvalue weighted by Crippen LogP contribution is 2.28. The molecule has 1 unspecified atom stereocenters. The van der Waals surface area contributed by atoms with Gasteiger partial charge in [-0.2, -0.15) is 5.26 Å². The highest BCUT2D eigenvalue weighted by molar-refractivity contribution is 5.41. The van der Waals surface area contributed by atoms with E-state index in [2.05, 4.69) is 11.4 Å². The summed E-state index contributed by atoms with van der Waals surface area (Å²) in [6, 6.07) is 14.7. The molecule has 4 heteroatoms. The zero-order chi connectivity index (χ0) is 15.2. The highest BCUT2D eigenvalue weighted by atomic mass is 16.5. The van der Waals surface area contributed by atoms with Gasteiger partial charge in [-0.25, -0.2) is 0 Å². The second kappa shape index (κ2) is 6.78. The molecule has 2 aromatic rings. The predicted octanol–water partition coefficient (Wildman–Crippen LogP) is 3.12. The lowest BCUT2D eigenvalue weighted by Crippen LogP contribution is -2.18. The van der Waals surface area contributed by atoms with Crippen molar-refractivity contribution in [3.05, 3.63) is 59.2 Å². The molecule has 0 amide bonds. The van der Waals surface area contributed by atoms with E-state index in [0.29, 0.717) is 17.9 Å². The number of aromatic hydroxyl groups is 1. The summed E-state index contributed by atoms with van der Waals surface area (Å²) >= 11 is 0. The summed E-state index contributed by atoms with van der Waals surface area (Å²) in [5.74, 6) is 0.949. The Labute approximate surface area is 124 Å². The Morgan fingerprint density at radius 2 is 2.10 bits per heavy atom. The monoisotopic (exact) mass is 282 g/mol. The fraction of sp³-hybridized carbons (Fsp3) is 0.235. The van der Waals surface area contributed by atoms with Gasteiger partial charge < -0.3 is 15.2 Å². The van der Waals surface area contributed by atoms with Gasteiger partial charge in [-0.05, 0) is 42.8 Å². The number of nitrogens with zero attached hydrogens (tertiary/aromatic N) is 1. The van der Waals surface area contributed by atoms with Gasteiger partial charge in [0.2, 0.25) is 0 Å². The summed E-state index contributed by atoms with van der Waals surface area (Å²) < 4.78 is 5.18. The number of rotatable bonds is 5. The summed E-state index contributed by atoms with van der Waals surface area (Å²) in [5.41, 5.74) is 2.46. The van der Waals surface area contributed by atoms with E-state index >= 15 is 0 Å². The summed E-state index contributed by atoms with van der Waals surface area (Å²) in [5, 5.41) is 22.2. The average molecular weight is 282 g/mol. The minimum Gasteiger partial charge on any atom is -0.508 e. The number of benzene rings is 2. The van der Waals surface area contributed by atoms with Crippen molar-refractivity contribution in [1.29, 1.82) is 5.26 Å². The van der Waals surface area contributed by atoms with Crippen LogP contribution in [0.25, 0.3) is 0 Å². The van der Waals surface area contributed by atoms with Gasteiger partial charge in [-0.3, -0.25) is 0 Å². The van der Waals surface area contributed by atoms with Gasteiger partial charge in [-0.1, -0.05) is 12.1 Å². The molecular formula is C17H18N2O2. The topological polar surface area (TPSA) is 65.3 Å². The minimum absolute atomic E-state index is 0.0363. The van der Waals surface area contributed by atoms with Crippen LogP contribution in [0.2, 0.25) is 0 Å². The molecule has 0 spiro atoms. The van der Waals surface area contributed by atoms with E-state index in [9.17, 15) is 5.11 Å². The van der Waals surface area contributed by atoms with Crippen LogP contribution in [-0.4, -0.2) is 12.2 Å². The van der Waals surface area contributed by atoms with Crippen molar-refractivity contribution in [3.63, 3.8) is 0 Å². The zero-order valence-corrected chi connectivity index (χ0v) is 12.1. The van der Waals surface area contributed by atoms with Crippen molar-refractivity contribution in [2.24, 2.45) is 0 Å². The number of methoxy groups -OCH3 is 1. The summed E-state index contributed by atoms with van der Waals surface area (Å²) in [6.45, 7) is 2.59. The first-order chi connectivity index (χ1) is 10.1. The Hall–Kier alpha value is -2.51. The third-order valence-electron chi connectivity index (χ3n) is 3.37. The first-order valence-corrected chi connectivity index (χ1v) is 6.73. The predicted molar refractivity (Wildman–Crippen MR) is 81.1 cm³/mol. The largest absolute Gasteiger partial charge is 0.508 e. The number of nitrogens with one attached hydrogen (secondary N) is 1. The second-order valence-electron chi connectivity index (χ2n) is 4.84. The number of hydrogen-bond donors (Lipinski definition) is 2. The van der Waals surface area contributed by atoms with Gasteiger partial charge in [0, 0.05) is 18.2 Å². The Balaban J connectivity index is 2.08. The molecule has 0 saturated carbocycles. The fourth-order valence-corrected chi connectivity index (χ4v) is 2.14. The van der Waals surface area contributed by atoms with Crippen molar-refractivity contribution >= 4 is 0 Å². The van der Waals surface area contributed by atoms with Crippen molar-refractivity contribution in [3.8, 4) is 17.6 Å². The van der Waals surface area contributed by atoms with Crippen LogP contribution in [-0.2, 0) is 6.54 Å². The zero-order valence-electron chi connectivity index (χ0n) is 12.1. The maximum atomic E-state index is 9.94. The molecule has 4 nitrogen and oxygen atoms in total. The SMILES string of the molecule is COc1ccc(O)c(C(C)NCc2cccc(C#N)c2)c1. The third-order valence-corrected chi connectivity index (χ3v) is 3.37. The van der Waals surface area contributed by atoms with Gasteiger partial charge in [0.15, 0.2) is 0 Å². The van der Waals surface area contributed by atoms with Crippen LogP contribution >= 0.6 is 0 Å². The number of ether oxygens (including phenoxy) is 1. The first-order valence-electron chi connectivity index (χ1n) is 6.73. The Bertz CT molecular complexity index is 662. The lowest BCUT2D eigenvalue weighted by Gasteiger charge is -2.16. The lowest BCUT2D eigenvalue weighted by molar-refractivity contribution is 0.407. The molecule has 0 aliphatic carbocycles. The summed E-state index contributed by atoms with van der Waals surface area (Å²) in [4.78, 5) is 0. The molecule has 0 heterocycles. The molecule has 0 bridgehead atoms. The molecule has 1 atom stereocenters. The maximum absolute atomic E-state index is 9.94. The number of hydrogen-bond acceptors (Lipinski definition) is 4. The molecule has 0 radical (unpaired) electrons. The molecule has 0 aromatic heterocycles. The molecule has 0 fully saturated rings. The van der Waals surface area contributed by atoms with Crippen molar-refractivity contribution in [2.75, 3.05) is 7.11 Å². The smallest absolute Gasteiger partial charge is 0.120 e. The average Bonchev–Trinajstić information content (AvgIpc) is 2.53. The van der Waals surface area contributed by atoms with E-state index < -0.39 is 0 Å². The Morgan fingerprint density at radius 3 is 2.81 bits per heavy atom. The van der Waals surface area contributed by atoms with Crippen LogP contribution in [0.5, 0.6) is 11.5 Å². The normalized spacial score (nSPS) is 11.7. The van der Waals surface area contributed by atoms with Gasteiger partial charge in [-0.15, -0.1) is 0 Å². The quantitative estimate of drug-likeness (QED) is 0.884. The van der Waals surface area contributed by atoms with Gasteiger partial charge in [0.1, 0.15) is 11.5 Å². The van der Waals surface area contributed by atoms with Gasteiger partial charge in [0.05, 0.1) is 18.7 Å². The van der Waals surface area contributed by atoms with Crippen LogP contribution in [0.1, 0.15) is 29.7 Å². The van der Waals surface area contributed by atoms with E-state index in [0.717, 1.165) is 11.1 Å². The lowest BCUT2D eigenvalue weighted by atomic mass is 10.1. The van der Waals surface area contributed by atoms with Gasteiger partial charge >= 0.3 is 0 Å². The number of phenolic OH excluding ortho intramolecular Hbond substituents is 1. The van der Waals surface area contributed by atoms with Crippen LogP contribution in [0.4, 0.5) is 0 Å². The fourth-order valence-electron chi connectivity index (χ4n) is 2.14. The first kappa shape index (κ1) is 14.9. The molecule has 0 aliphatic rings. The van der Waals surface area contributed by atoms with Crippen LogP contribution < -0.4 is 10.1 Å². The molecule has 0 saturated heterocycles. The van der Waals surface area contributed by atoms with E-state index in [1.165, 1.54) is 0 Å². The minimum atomic E-state index is -0.0363. The van der Waals surface area contributed by atoms with Crippen molar-refractivity contribution < 1.29 is 9.84 Å². The van der Waals surface area contributed by atoms with E-state index in [1.807, 2.05) is 31.2 Å². The Morgan fingerprint density at radius 1 is 1.29 bits per heavy atom. The van der Waals surface area contributed by atoms with Crippen LogP contribution in [0, 0.1) is 11.3 Å². The van der Waals surface area contributed by atoms with E-state index in [1.54, 1.807) is 25.3 Å². The molecule has 108 valence electrons. The maximum Gasteiger partial charge on any atom is 0.120 e.